The maximum Gasteiger partial charge on any atom is 0.309 e. The van der Waals surface area contributed by atoms with Gasteiger partial charge >= 0.3 is 11.8 Å². The average molecular weight is 369 g/mol. The number of pyridine rings is 1. The SMILES string of the molecule is CN(C)c1ccc([C@H](CNC(=O)C(=O)NCc2ccccn2)N(C)C)cc1. The van der Waals surface area contributed by atoms with Crippen LogP contribution in [-0.4, -0.2) is 56.4 Å². The lowest BCUT2D eigenvalue weighted by atomic mass is 10.1. The van der Waals surface area contributed by atoms with E-state index in [9.17, 15) is 9.59 Å². The monoisotopic (exact) mass is 369 g/mol. The number of hydrogen-bond donors (Lipinski definition) is 2. The summed E-state index contributed by atoms with van der Waals surface area (Å²) in [4.78, 5) is 32.2. The van der Waals surface area contributed by atoms with E-state index in [0.717, 1.165) is 11.3 Å². The first-order valence-electron chi connectivity index (χ1n) is 8.78. The molecule has 7 nitrogen and oxygen atoms in total. The molecule has 7 heteroatoms. The largest absolute Gasteiger partial charge is 0.378 e. The molecule has 0 saturated carbocycles. The van der Waals surface area contributed by atoms with Crippen LogP contribution in [-0.2, 0) is 16.1 Å². The van der Waals surface area contributed by atoms with Crippen LogP contribution >= 0.6 is 0 Å². The highest BCUT2D eigenvalue weighted by Gasteiger charge is 2.18. The van der Waals surface area contributed by atoms with Crippen LogP contribution in [0.4, 0.5) is 5.69 Å². The Bertz CT molecular complexity index is 745. The van der Waals surface area contributed by atoms with Crippen molar-refractivity contribution in [1.29, 1.82) is 0 Å². The van der Waals surface area contributed by atoms with E-state index in [2.05, 4.69) is 15.6 Å². The molecule has 0 unspecified atom stereocenters. The smallest absolute Gasteiger partial charge is 0.309 e. The molecule has 2 amide bonds. The van der Waals surface area contributed by atoms with Gasteiger partial charge in [-0.25, -0.2) is 0 Å². The number of benzene rings is 1. The molecule has 0 radical (unpaired) electrons. The lowest BCUT2D eigenvalue weighted by molar-refractivity contribution is -0.139. The Hall–Kier alpha value is -2.93. The third-order valence-corrected chi connectivity index (χ3v) is 4.24. The molecule has 2 aromatic rings. The Morgan fingerprint density at radius 3 is 2.19 bits per heavy atom. The fraction of sp³-hybridized carbons (Fsp3) is 0.350. The van der Waals surface area contributed by atoms with Gasteiger partial charge in [-0.15, -0.1) is 0 Å². The van der Waals surface area contributed by atoms with Gasteiger partial charge < -0.3 is 20.4 Å². The van der Waals surface area contributed by atoms with E-state index in [0.29, 0.717) is 12.2 Å². The topological polar surface area (TPSA) is 77.6 Å². The summed E-state index contributed by atoms with van der Waals surface area (Å²) in [5, 5.41) is 5.29. The van der Waals surface area contributed by atoms with Crippen LogP contribution in [0.5, 0.6) is 0 Å². The van der Waals surface area contributed by atoms with E-state index in [1.165, 1.54) is 0 Å². The Balaban J connectivity index is 1.90. The lowest BCUT2D eigenvalue weighted by Crippen LogP contribution is -2.43. The van der Waals surface area contributed by atoms with Crippen molar-refractivity contribution in [2.75, 3.05) is 39.6 Å². The maximum absolute atomic E-state index is 12.1. The third-order valence-electron chi connectivity index (χ3n) is 4.24. The first kappa shape index (κ1) is 20.4. The summed E-state index contributed by atoms with van der Waals surface area (Å²) >= 11 is 0. The maximum atomic E-state index is 12.1. The summed E-state index contributed by atoms with van der Waals surface area (Å²) in [5.74, 6) is -1.32. The number of carbonyl (C=O) groups excluding carboxylic acids is 2. The number of nitrogens with zero attached hydrogens (tertiary/aromatic N) is 3. The molecule has 1 aromatic heterocycles. The molecule has 0 spiro atoms. The summed E-state index contributed by atoms with van der Waals surface area (Å²) < 4.78 is 0. The van der Waals surface area contributed by atoms with E-state index in [4.69, 9.17) is 0 Å². The average Bonchev–Trinajstić information content (AvgIpc) is 2.67. The van der Waals surface area contributed by atoms with Crippen molar-refractivity contribution in [2.45, 2.75) is 12.6 Å². The number of nitrogens with one attached hydrogen (secondary N) is 2. The highest BCUT2D eigenvalue weighted by atomic mass is 16.2. The molecule has 0 fully saturated rings. The molecular weight excluding hydrogens is 342 g/mol. The van der Waals surface area contributed by atoms with Gasteiger partial charge in [-0.2, -0.15) is 0 Å². The zero-order valence-electron chi connectivity index (χ0n) is 16.3. The van der Waals surface area contributed by atoms with Crippen LogP contribution in [0.2, 0.25) is 0 Å². The lowest BCUT2D eigenvalue weighted by Gasteiger charge is -2.25. The summed E-state index contributed by atoms with van der Waals surface area (Å²) in [7, 11) is 7.86. The minimum atomic E-state index is -0.666. The van der Waals surface area contributed by atoms with Crippen molar-refractivity contribution in [3.8, 4) is 0 Å². The van der Waals surface area contributed by atoms with Crippen LogP contribution in [0.3, 0.4) is 0 Å². The summed E-state index contributed by atoms with van der Waals surface area (Å²) in [5.41, 5.74) is 2.87. The van der Waals surface area contributed by atoms with E-state index < -0.39 is 11.8 Å². The zero-order chi connectivity index (χ0) is 19.8. The highest BCUT2D eigenvalue weighted by molar-refractivity contribution is 6.35. The minimum Gasteiger partial charge on any atom is -0.378 e. The molecule has 0 aliphatic heterocycles. The molecule has 0 aliphatic rings. The number of hydrogen-bond acceptors (Lipinski definition) is 5. The number of aromatic nitrogens is 1. The summed E-state index contributed by atoms with van der Waals surface area (Å²) in [6, 6.07) is 13.5. The normalized spacial score (nSPS) is 11.7. The van der Waals surface area contributed by atoms with Gasteiger partial charge in [0, 0.05) is 32.5 Å². The van der Waals surface area contributed by atoms with Crippen LogP contribution in [0, 0.1) is 0 Å². The van der Waals surface area contributed by atoms with Crippen molar-refractivity contribution in [3.05, 3.63) is 59.9 Å². The number of likely N-dealkylation sites (N-methyl/N-ethyl adjacent to an activating group) is 1. The van der Waals surface area contributed by atoms with Gasteiger partial charge in [-0.3, -0.25) is 14.6 Å². The molecule has 0 saturated heterocycles. The molecule has 2 N–H and O–H groups in total. The van der Waals surface area contributed by atoms with Gasteiger partial charge in [-0.05, 0) is 43.9 Å². The summed E-state index contributed by atoms with van der Waals surface area (Å²) in [6.07, 6.45) is 1.64. The van der Waals surface area contributed by atoms with Crippen LogP contribution in [0.15, 0.2) is 48.7 Å². The predicted molar refractivity (Wildman–Crippen MR) is 106 cm³/mol. The second-order valence-electron chi connectivity index (χ2n) is 6.68. The first-order chi connectivity index (χ1) is 12.9. The molecule has 27 heavy (non-hydrogen) atoms. The Morgan fingerprint density at radius 1 is 0.963 bits per heavy atom. The van der Waals surface area contributed by atoms with Crippen molar-refractivity contribution in [1.82, 2.24) is 20.5 Å². The third kappa shape index (κ3) is 6.07. The second kappa shape index (κ2) is 9.68. The predicted octanol–water partition coefficient (Wildman–Crippen LogP) is 1.18. The number of carbonyl (C=O) groups is 2. The quantitative estimate of drug-likeness (QED) is 0.717. The van der Waals surface area contributed by atoms with E-state index in [-0.39, 0.29) is 12.6 Å². The van der Waals surface area contributed by atoms with E-state index in [1.54, 1.807) is 18.3 Å². The van der Waals surface area contributed by atoms with Crippen LogP contribution in [0.25, 0.3) is 0 Å². The Kier molecular flexibility index (Phi) is 7.31. The van der Waals surface area contributed by atoms with E-state index >= 15 is 0 Å². The van der Waals surface area contributed by atoms with Gasteiger partial charge in [0.15, 0.2) is 0 Å². The second-order valence-corrected chi connectivity index (χ2v) is 6.68. The Labute approximate surface area is 160 Å². The molecule has 0 bridgehead atoms. The van der Waals surface area contributed by atoms with Gasteiger partial charge in [0.25, 0.3) is 0 Å². The number of amides is 2. The number of anilines is 1. The minimum absolute atomic E-state index is 0.0336. The van der Waals surface area contributed by atoms with E-state index in [1.807, 2.05) is 68.3 Å². The Morgan fingerprint density at radius 2 is 1.63 bits per heavy atom. The summed E-state index contributed by atoms with van der Waals surface area (Å²) in [6.45, 7) is 0.556. The van der Waals surface area contributed by atoms with Crippen molar-refractivity contribution < 1.29 is 9.59 Å². The fourth-order valence-electron chi connectivity index (χ4n) is 2.62. The van der Waals surface area contributed by atoms with Gasteiger partial charge in [0.05, 0.1) is 18.3 Å². The van der Waals surface area contributed by atoms with Gasteiger partial charge in [0.2, 0.25) is 0 Å². The van der Waals surface area contributed by atoms with Crippen LogP contribution < -0.4 is 15.5 Å². The van der Waals surface area contributed by atoms with Gasteiger partial charge in [0.1, 0.15) is 0 Å². The highest BCUT2D eigenvalue weighted by Crippen LogP contribution is 2.20. The molecular formula is C20H27N5O2. The standard InChI is InChI=1S/C20H27N5O2/c1-24(2)17-10-8-15(9-11-17)18(25(3)4)14-23-20(27)19(26)22-13-16-7-5-6-12-21-16/h5-12,18H,13-14H2,1-4H3,(H,22,26)(H,23,27)/t18-/m0/s1. The van der Waals surface area contributed by atoms with Crippen molar-refractivity contribution >= 4 is 17.5 Å². The molecule has 0 aliphatic carbocycles. The molecule has 1 atom stereocenters. The molecule has 1 heterocycles. The zero-order valence-corrected chi connectivity index (χ0v) is 16.3. The fourth-order valence-corrected chi connectivity index (χ4v) is 2.62. The molecule has 1 aromatic carbocycles. The first-order valence-corrected chi connectivity index (χ1v) is 8.78. The van der Waals surface area contributed by atoms with Crippen LogP contribution in [0.1, 0.15) is 17.3 Å². The van der Waals surface area contributed by atoms with Crippen molar-refractivity contribution in [3.63, 3.8) is 0 Å². The van der Waals surface area contributed by atoms with Crippen molar-refractivity contribution in [2.24, 2.45) is 0 Å². The molecule has 144 valence electrons. The molecule has 2 rings (SSSR count). The number of rotatable bonds is 7. The van der Waals surface area contributed by atoms with Gasteiger partial charge in [-0.1, -0.05) is 18.2 Å².